The third-order valence-corrected chi connectivity index (χ3v) is 3.46. The molecule has 0 amide bonds. The summed E-state index contributed by atoms with van der Waals surface area (Å²) in [6, 6.07) is 10.3. The highest BCUT2D eigenvalue weighted by Crippen LogP contribution is 2.08. The molecule has 0 fully saturated rings. The van der Waals surface area contributed by atoms with Crippen LogP contribution in [0.5, 0.6) is 0 Å². The molecule has 6 heteroatoms. The Balaban J connectivity index is 0.00000264. The van der Waals surface area contributed by atoms with Crippen molar-refractivity contribution in [3.8, 4) is 5.69 Å². The number of unbranched alkanes of at least 4 members (excludes halogenated alkanes) is 2. The van der Waals surface area contributed by atoms with E-state index in [0.29, 0.717) is 0 Å². The molecule has 1 aromatic carbocycles. The summed E-state index contributed by atoms with van der Waals surface area (Å²) in [6.07, 6.45) is 7.38. The number of nitrogens with zero attached hydrogens (tertiary/aromatic N) is 3. The molecule has 2 rings (SSSR count). The lowest BCUT2D eigenvalue weighted by Crippen LogP contribution is -2.37. The number of hydrogen-bond donors (Lipinski definition) is 2. The Labute approximate surface area is 155 Å². The van der Waals surface area contributed by atoms with E-state index in [9.17, 15) is 0 Å². The molecule has 0 radical (unpaired) electrons. The van der Waals surface area contributed by atoms with Crippen molar-refractivity contribution in [3.63, 3.8) is 0 Å². The Bertz CT molecular complexity index is 563. The zero-order valence-corrected chi connectivity index (χ0v) is 16.2. The summed E-state index contributed by atoms with van der Waals surface area (Å²) in [5.74, 6) is 0.854. The largest absolute Gasteiger partial charge is 0.356 e. The molecule has 5 nitrogen and oxygen atoms in total. The van der Waals surface area contributed by atoms with E-state index in [1.165, 1.54) is 24.8 Å². The molecular weight excluding hydrogens is 401 g/mol. The van der Waals surface area contributed by atoms with Crippen LogP contribution < -0.4 is 10.6 Å². The highest BCUT2D eigenvalue weighted by molar-refractivity contribution is 14.0. The van der Waals surface area contributed by atoms with Crippen molar-refractivity contribution in [1.29, 1.82) is 0 Å². The van der Waals surface area contributed by atoms with E-state index in [0.717, 1.165) is 24.7 Å². The van der Waals surface area contributed by atoms with Gasteiger partial charge >= 0.3 is 0 Å². The lowest BCUT2D eigenvalue weighted by molar-refractivity contribution is 0.683. The fraction of sp³-hybridized carbons (Fsp3) is 0.412. The third kappa shape index (κ3) is 6.60. The van der Waals surface area contributed by atoms with Crippen LogP contribution in [0.3, 0.4) is 0 Å². The summed E-state index contributed by atoms with van der Waals surface area (Å²) in [5.41, 5.74) is 2.28. The van der Waals surface area contributed by atoms with Crippen LogP contribution in [0.4, 0.5) is 0 Å². The Morgan fingerprint density at radius 1 is 1.17 bits per heavy atom. The van der Waals surface area contributed by atoms with Gasteiger partial charge in [-0.3, -0.25) is 4.99 Å². The van der Waals surface area contributed by atoms with E-state index in [-0.39, 0.29) is 24.0 Å². The summed E-state index contributed by atoms with van der Waals surface area (Å²) in [6.45, 7) is 3.93. The summed E-state index contributed by atoms with van der Waals surface area (Å²) in [4.78, 5) is 4.24. The van der Waals surface area contributed by atoms with Crippen molar-refractivity contribution < 1.29 is 0 Å². The zero-order valence-electron chi connectivity index (χ0n) is 13.8. The maximum absolute atomic E-state index is 4.24. The quantitative estimate of drug-likeness (QED) is 0.309. The highest BCUT2D eigenvalue weighted by atomic mass is 127. The standard InChI is InChI=1S/C17H25N5.HI/c1-3-4-5-11-19-17(18-2)20-14-15-7-9-16(10-8-15)22-13-6-12-21-22;/h6-10,12-13H,3-5,11,14H2,1-2H3,(H2,18,19,20);1H. The number of guanidine groups is 1. The molecule has 0 aliphatic carbocycles. The van der Waals surface area contributed by atoms with Crippen LogP contribution in [0.1, 0.15) is 31.7 Å². The van der Waals surface area contributed by atoms with Crippen molar-refractivity contribution in [3.05, 3.63) is 48.3 Å². The first kappa shape index (κ1) is 19.5. The number of hydrogen-bond acceptors (Lipinski definition) is 2. The lowest BCUT2D eigenvalue weighted by atomic mass is 10.2. The minimum Gasteiger partial charge on any atom is -0.356 e. The summed E-state index contributed by atoms with van der Waals surface area (Å²) in [5, 5.41) is 10.9. The van der Waals surface area contributed by atoms with Crippen molar-refractivity contribution in [2.24, 2.45) is 4.99 Å². The predicted molar refractivity (Wildman–Crippen MR) is 107 cm³/mol. The number of aromatic nitrogens is 2. The maximum atomic E-state index is 4.24. The monoisotopic (exact) mass is 427 g/mol. The fourth-order valence-corrected chi connectivity index (χ4v) is 2.18. The van der Waals surface area contributed by atoms with Gasteiger partial charge in [0, 0.05) is 32.5 Å². The predicted octanol–water partition coefficient (Wildman–Crippen LogP) is 3.35. The van der Waals surface area contributed by atoms with E-state index in [1.54, 1.807) is 13.2 Å². The van der Waals surface area contributed by atoms with Crippen LogP contribution in [-0.2, 0) is 6.54 Å². The molecular formula is C17H26IN5. The topological polar surface area (TPSA) is 54.2 Å². The normalized spacial score (nSPS) is 11.0. The average Bonchev–Trinajstić information content (AvgIpc) is 3.09. The van der Waals surface area contributed by atoms with Crippen LogP contribution >= 0.6 is 24.0 Å². The van der Waals surface area contributed by atoms with Gasteiger partial charge in [0.2, 0.25) is 0 Å². The van der Waals surface area contributed by atoms with Crippen molar-refractivity contribution in [2.75, 3.05) is 13.6 Å². The van der Waals surface area contributed by atoms with Gasteiger partial charge in [-0.15, -0.1) is 24.0 Å². The molecule has 2 N–H and O–H groups in total. The van der Waals surface area contributed by atoms with Crippen molar-refractivity contribution in [1.82, 2.24) is 20.4 Å². The number of benzene rings is 1. The van der Waals surface area contributed by atoms with Crippen molar-refractivity contribution >= 4 is 29.9 Å². The van der Waals surface area contributed by atoms with Gasteiger partial charge < -0.3 is 10.6 Å². The van der Waals surface area contributed by atoms with Gasteiger partial charge in [-0.05, 0) is 30.2 Å². The summed E-state index contributed by atoms with van der Waals surface area (Å²) >= 11 is 0. The Morgan fingerprint density at radius 3 is 2.57 bits per heavy atom. The SMILES string of the molecule is CCCCCNC(=NC)NCc1ccc(-n2cccn2)cc1.I. The smallest absolute Gasteiger partial charge is 0.191 e. The molecule has 0 atom stereocenters. The molecule has 0 saturated carbocycles. The maximum Gasteiger partial charge on any atom is 0.191 e. The molecule has 126 valence electrons. The number of rotatable bonds is 7. The molecule has 0 unspecified atom stereocenters. The molecule has 1 heterocycles. The third-order valence-electron chi connectivity index (χ3n) is 3.46. The van der Waals surface area contributed by atoms with Crippen LogP contribution in [0.25, 0.3) is 5.69 Å². The van der Waals surface area contributed by atoms with Gasteiger partial charge in [0.05, 0.1) is 5.69 Å². The second-order valence-electron chi connectivity index (χ2n) is 5.18. The second kappa shape index (κ2) is 11.0. The van der Waals surface area contributed by atoms with Crippen LogP contribution in [0.2, 0.25) is 0 Å². The Hall–Kier alpha value is -1.57. The molecule has 0 aliphatic rings. The minimum atomic E-state index is 0. The number of aliphatic imine (C=N–C) groups is 1. The van der Waals surface area contributed by atoms with Gasteiger partial charge in [0.15, 0.2) is 5.96 Å². The highest BCUT2D eigenvalue weighted by Gasteiger charge is 1.99. The van der Waals surface area contributed by atoms with Crippen molar-refractivity contribution in [2.45, 2.75) is 32.7 Å². The zero-order chi connectivity index (χ0) is 15.6. The number of nitrogens with one attached hydrogen (secondary N) is 2. The van der Waals surface area contributed by atoms with Crippen LogP contribution in [-0.4, -0.2) is 29.3 Å². The fourth-order valence-electron chi connectivity index (χ4n) is 2.18. The second-order valence-corrected chi connectivity index (χ2v) is 5.18. The van der Waals surface area contributed by atoms with Crippen LogP contribution in [0, 0.1) is 0 Å². The van der Waals surface area contributed by atoms with Gasteiger partial charge in [0.1, 0.15) is 0 Å². The van der Waals surface area contributed by atoms with E-state index in [4.69, 9.17) is 0 Å². The van der Waals surface area contributed by atoms with E-state index in [1.807, 2.05) is 16.9 Å². The molecule has 0 saturated heterocycles. The number of halogens is 1. The molecule has 1 aromatic heterocycles. The Morgan fingerprint density at radius 2 is 1.96 bits per heavy atom. The average molecular weight is 427 g/mol. The van der Waals surface area contributed by atoms with Gasteiger partial charge in [0.25, 0.3) is 0 Å². The molecule has 23 heavy (non-hydrogen) atoms. The molecule has 2 aromatic rings. The first-order valence-electron chi connectivity index (χ1n) is 7.87. The molecule has 0 bridgehead atoms. The van der Waals surface area contributed by atoms with Gasteiger partial charge in [-0.25, -0.2) is 4.68 Å². The van der Waals surface area contributed by atoms with E-state index >= 15 is 0 Å². The van der Waals surface area contributed by atoms with E-state index in [2.05, 4.69) is 51.9 Å². The van der Waals surface area contributed by atoms with E-state index < -0.39 is 0 Å². The lowest BCUT2D eigenvalue weighted by Gasteiger charge is -2.12. The first-order chi connectivity index (χ1) is 10.8. The molecule has 0 spiro atoms. The first-order valence-corrected chi connectivity index (χ1v) is 7.87. The van der Waals surface area contributed by atoms with Gasteiger partial charge in [-0.1, -0.05) is 31.9 Å². The summed E-state index contributed by atoms with van der Waals surface area (Å²) in [7, 11) is 1.80. The Kier molecular flexibility index (Phi) is 9.35. The summed E-state index contributed by atoms with van der Waals surface area (Å²) < 4.78 is 1.85. The minimum absolute atomic E-state index is 0. The van der Waals surface area contributed by atoms with Crippen LogP contribution in [0.15, 0.2) is 47.7 Å². The van der Waals surface area contributed by atoms with Gasteiger partial charge in [-0.2, -0.15) is 5.10 Å². The molecule has 0 aliphatic heterocycles.